The molecule has 7 nitrogen and oxygen atoms in total. The molecule has 0 aliphatic rings. The van der Waals surface area contributed by atoms with Crippen LogP contribution in [0.1, 0.15) is 5.56 Å². The van der Waals surface area contributed by atoms with E-state index in [4.69, 9.17) is 9.99 Å². The van der Waals surface area contributed by atoms with Crippen LogP contribution in [0.2, 0.25) is 0 Å². The van der Waals surface area contributed by atoms with Crippen molar-refractivity contribution in [3.63, 3.8) is 0 Å². The number of benzene rings is 3. The maximum atomic E-state index is 14.2. The van der Waals surface area contributed by atoms with E-state index in [-0.39, 0.29) is 27.7 Å². The minimum absolute atomic E-state index is 0.111. The van der Waals surface area contributed by atoms with Gasteiger partial charge in [-0.05, 0) is 35.7 Å². The van der Waals surface area contributed by atoms with Gasteiger partial charge < -0.3 is 4.74 Å². The van der Waals surface area contributed by atoms with E-state index < -0.39 is 61.5 Å². The number of ether oxygens (including phenoxy) is 1. The maximum absolute atomic E-state index is 14.2. The third kappa shape index (κ3) is 4.99. The molecule has 0 aliphatic carbocycles. The van der Waals surface area contributed by atoms with Crippen molar-refractivity contribution >= 4 is 32.9 Å². The first-order valence-electron chi connectivity index (χ1n) is 8.06. The molecule has 0 heterocycles. The number of alkyl halides is 3. The molecule has 3 aromatic rings. The normalized spacial score (nSPS) is 12.4. The predicted molar refractivity (Wildman–Crippen MR) is 95.8 cm³/mol. The number of hydrogen-bond acceptors (Lipinski definition) is 7. The Bertz CT molecular complexity index is 1320. The lowest BCUT2D eigenvalue weighted by molar-refractivity contribution is -0.432. The summed E-state index contributed by atoms with van der Waals surface area (Å²) in [5, 5.41) is 11.4. The van der Waals surface area contributed by atoms with Gasteiger partial charge in [0, 0.05) is 10.3 Å². The molecule has 0 amide bonds. The summed E-state index contributed by atoms with van der Waals surface area (Å²) in [6, 6.07) is 4.73. The van der Waals surface area contributed by atoms with Crippen LogP contribution in [0.15, 0.2) is 40.1 Å². The van der Waals surface area contributed by atoms with Gasteiger partial charge in [0.1, 0.15) is 11.3 Å². The molecule has 0 unspecified atom stereocenters. The maximum Gasteiger partial charge on any atom is 0.422 e. The highest BCUT2D eigenvalue weighted by molar-refractivity contribution is 7.94. The summed E-state index contributed by atoms with van der Waals surface area (Å²) in [6.45, 7) is 0. The molecule has 0 atom stereocenters. The van der Waals surface area contributed by atoms with Crippen molar-refractivity contribution in [2.45, 2.75) is 16.0 Å². The van der Waals surface area contributed by atoms with E-state index in [2.05, 4.69) is 9.37 Å². The van der Waals surface area contributed by atoms with Crippen LogP contribution < -0.4 is 4.74 Å². The average Bonchev–Trinajstić information content (AvgIpc) is 2.71. The van der Waals surface area contributed by atoms with Gasteiger partial charge in [0.2, 0.25) is 17.4 Å². The van der Waals surface area contributed by atoms with Crippen molar-refractivity contribution in [3.8, 4) is 11.5 Å². The Hall–Kier alpha value is -2.63. The monoisotopic (exact) mass is 520 g/mol. The number of rotatable bonds is 6. The van der Waals surface area contributed by atoms with E-state index in [0.29, 0.717) is 0 Å². The standard InChI is InChI=1S/C17H7F7O7S2/c18-12-11(17(22,23)24)13(19)15(21)16(14(12)20)29-10-5-7(32-31-30-25)3-6-4-8(33(26,27)28)1-2-9(6)10/h1-5,25H,(H,26,27,28). The highest BCUT2D eigenvalue weighted by Gasteiger charge is 2.43. The number of halogens is 7. The Balaban J connectivity index is 2.23. The molecule has 0 saturated heterocycles. The van der Waals surface area contributed by atoms with E-state index in [1.54, 1.807) is 0 Å². The van der Waals surface area contributed by atoms with Gasteiger partial charge in [-0.1, -0.05) is 5.04 Å². The molecule has 3 aromatic carbocycles. The average molecular weight is 520 g/mol. The summed E-state index contributed by atoms with van der Waals surface area (Å²) in [5.74, 6) is -13.0. The van der Waals surface area contributed by atoms with Crippen LogP contribution in [0.25, 0.3) is 10.8 Å². The molecule has 0 spiro atoms. The van der Waals surface area contributed by atoms with Crippen molar-refractivity contribution < 1.29 is 63.1 Å². The molecule has 0 bridgehead atoms. The van der Waals surface area contributed by atoms with E-state index in [0.717, 1.165) is 30.3 Å². The molecule has 16 heteroatoms. The summed E-state index contributed by atoms with van der Waals surface area (Å²) in [4.78, 5) is -0.751. The van der Waals surface area contributed by atoms with Crippen molar-refractivity contribution in [1.82, 2.24) is 0 Å². The van der Waals surface area contributed by atoms with Crippen molar-refractivity contribution in [1.29, 1.82) is 0 Å². The molecule has 0 saturated carbocycles. The molecular formula is C17H7F7O7S2. The zero-order chi connectivity index (χ0) is 24.7. The summed E-state index contributed by atoms with van der Waals surface area (Å²) in [7, 11) is -4.71. The van der Waals surface area contributed by atoms with Crippen molar-refractivity contribution in [3.05, 3.63) is 59.2 Å². The highest BCUT2D eigenvalue weighted by Crippen LogP contribution is 2.42. The molecule has 0 aromatic heterocycles. The van der Waals surface area contributed by atoms with E-state index in [1.807, 2.05) is 0 Å². The molecule has 0 aliphatic heterocycles. The predicted octanol–water partition coefficient (Wildman–Crippen LogP) is 5.88. The fraction of sp³-hybridized carbons (Fsp3) is 0.0588. The summed E-state index contributed by atoms with van der Waals surface area (Å²) in [6.07, 6.45) is -5.76. The second-order valence-electron chi connectivity index (χ2n) is 6.07. The summed E-state index contributed by atoms with van der Waals surface area (Å²) < 4.78 is 135. The highest BCUT2D eigenvalue weighted by atomic mass is 32.2. The Morgan fingerprint density at radius 2 is 1.52 bits per heavy atom. The number of fused-ring (bicyclic) bond motifs is 1. The molecule has 3 rings (SSSR count). The van der Waals surface area contributed by atoms with Crippen LogP contribution in [0.4, 0.5) is 30.7 Å². The first-order valence-corrected chi connectivity index (χ1v) is 10.2. The second kappa shape index (κ2) is 8.96. The van der Waals surface area contributed by atoms with E-state index in [1.165, 1.54) is 0 Å². The van der Waals surface area contributed by atoms with Gasteiger partial charge in [0.05, 0.1) is 16.9 Å². The molecule has 2 N–H and O–H groups in total. The third-order valence-electron chi connectivity index (χ3n) is 4.04. The molecule has 178 valence electrons. The van der Waals surface area contributed by atoms with Crippen LogP contribution >= 0.6 is 12.0 Å². The van der Waals surface area contributed by atoms with Gasteiger partial charge in [-0.25, -0.2) is 14.0 Å². The fourth-order valence-corrected chi connectivity index (χ4v) is 3.65. The van der Waals surface area contributed by atoms with Crippen LogP contribution in [0, 0.1) is 23.3 Å². The minimum Gasteiger partial charge on any atom is -0.450 e. The zero-order valence-electron chi connectivity index (χ0n) is 15.3. The molecule has 0 radical (unpaired) electrons. The minimum atomic E-state index is -5.76. The Labute approximate surface area is 183 Å². The van der Waals surface area contributed by atoms with Crippen LogP contribution in [0.3, 0.4) is 0 Å². The van der Waals surface area contributed by atoms with Crippen molar-refractivity contribution in [2.75, 3.05) is 0 Å². The lowest BCUT2D eigenvalue weighted by Crippen LogP contribution is -2.15. The quantitative estimate of drug-likeness (QED) is 0.104. The molecule has 33 heavy (non-hydrogen) atoms. The molecular weight excluding hydrogens is 513 g/mol. The number of hydrogen-bond donors (Lipinski definition) is 2. The van der Waals surface area contributed by atoms with E-state index >= 15 is 0 Å². The lowest BCUT2D eigenvalue weighted by atomic mass is 10.1. The summed E-state index contributed by atoms with van der Waals surface area (Å²) >= 11 is 0.245. The van der Waals surface area contributed by atoms with Crippen LogP contribution in [0.5, 0.6) is 11.5 Å². The van der Waals surface area contributed by atoms with Gasteiger partial charge in [-0.3, -0.25) is 4.55 Å². The van der Waals surface area contributed by atoms with Crippen LogP contribution in [-0.2, 0) is 25.7 Å². The zero-order valence-corrected chi connectivity index (χ0v) is 16.9. The first-order chi connectivity index (χ1) is 15.3. The van der Waals surface area contributed by atoms with Crippen LogP contribution in [-0.4, -0.2) is 18.2 Å². The smallest absolute Gasteiger partial charge is 0.422 e. The topological polar surface area (TPSA) is 102 Å². The Morgan fingerprint density at radius 1 is 0.909 bits per heavy atom. The largest absolute Gasteiger partial charge is 0.450 e. The van der Waals surface area contributed by atoms with Gasteiger partial charge >= 0.3 is 6.18 Å². The SMILES string of the molecule is O=S(=O)(O)c1ccc2c(Oc3c(F)c(F)c(C(F)(F)F)c(F)c3F)cc(SOOO)cc2c1. The van der Waals surface area contributed by atoms with Gasteiger partial charge in [-0.15, -0.1) is 4.33 Å². The summed E-state index contributed by atoms with van der Waals surface area (Å²) in [5.41, 5.74) is -2.80. The van der Waals surface area contributed by atoms with Crippen molar-refractivity contribution in [2.24, 2.45) is 0 Å². The molecule has 0 fully saturated rings. The fourth-order valence-electron chi connectivity index (χ4n) is 2.69. The van der Waals surface area contributed by atoms with Gasteiger partial charge in [-0.2, -0.15) is 30.4 Å². The Morgan fingerprint density at radius 3 is 2.03 bits per heavy atom. The lowest BCUT2D eigenvalue weighted by Gasteiger charge is -2.16. The second-order valence-corrected chi connectivity index (χ2v) is 8.26. The third-order valence-corrected chi connectivity index (χ3v) is 5.44. The Kier molecular flexibility index (Phi) is 6.79. The van der Waals surface area contributed by atoms with E-state index in [9.17, 15) is 43.7 Å². The van der Waals surface area contributed by atoms with Gasteiger partial charge in [0.15, 0.2) is 11.6 Å². The van der Waals surface area contributed by atoms with Gasteiger partial charge in [0.25, 0.3) is 10.1 Å². The first kappa shape index (κ1) is 25.0.